The van der Waals surface area contributed by atoms with E-state index in [9.17, 15) is 0 Å². The molecule has 0 bridgehead atoms. The first-order chi connectivity index (χ1) is 4.68. The summed E-state index contributed by atoms with van der Waals surface area (Å²) in [5.41, 5.74) is 9.44. The molecule has 0 aliphatic carbocycles. The zero-order valence-electron chi connectivity index (χ0n) is 6.33. The van der Waals surface area contributed by atoms with E-state index < -0.39 is 0 Å². The molecule has 3 nitrogen and oxygen atoms in total. The third-order valence-electron chi connectivity index (χ3n) is 1.12. The van der Waals surface area contributed by atoms with Crippen LogP contribution < -0.4 is 11.2 Å². The first kappa shape index (κ1) is 6.99. The van der Waals surface area contributed by atoms with Crippen molar-refractivity contribution in [3.05, 3.63) is 18.5 Å². The van der Waals surface area contributed by atoms with Crippen LogP contribution in [0.4, 0.5) is 5.69 Å². The Hall–Kier alpha value is -1.12. The maximum Gasteiger partial charge on any atom is 0.0515 e. The summed E-state index contributed by atoms with van der Waals surface area (Å²) in [6.45, 7) is 4.16. The van der Waals surface area contributed by atoms with Crippen molar-refractivity contribution in [3.63, 3.8) is 0 Å². The number of nitrogens with one attached hydrogen (secondary N) is 1. The highest BCUT2D eigenvalue weighted by Crippen LogP contribution is 1.99. The van der Waals surface area contributed by atoms with E-state index in [4.69, 9.17) is 5.73 Å². The van der Waals surface area contributed by atoms with E-state index in [1.54, 1.807) is 0 Å². The van der Waals surface area contributed by atoms with Crippen LogP contribution in [0.3, 0.4) is 0 Å². The van der Waals surface area contributed by atoms with Gasteiger partial charge in [-0.1, -0.05) is 0 Å². The Balaban J connectivity index is 2.58. The fourth-order valence-electron chi connectivity index (χ4n) is 0.791. The molecule has 0 spiro atoms. The predicted octanol–water partition coefficient (Wildman–Crippen LogP) is 1.02. The van der Waals surface area contributed by atoms with E-state index in [-0.39, 0.29) is 0 Å². The van der Waals surface area contributed by atoms with Gasteiger partial charge in [-0.25, -0.2) is 0 Å². The SMILES string of the molecule is CC(C)Nn1ccc(N)c1. The van der Waals surface area contributed by atoms with Crippen molar-refractivity contribution in [2.24, 2.45) is 0 Å². The molecule has 0 atom stereocenters. The molecule has 3 heteroatoms. The lowest BCUT2D eigenvalue weighted by Gasteiger charge is -2.09. The number of hydrogen-bond acceptors (Lipinski definition) is 2. The predicted molar refractivity (Wildman–Crippen MR) is 43.3 cm³/mol. The van der Waals surface area contributed by atoms with Gasteiger partial charge in [0.25, 0.3) is 0 Å². The van der Waals surface area contributed by atoms with Gasteiger partial charge in [0.05, 0.1) is 5.69 Å². The van der Waals surface area contributed by atoms with Gasteiger partial charge >= 0.3 is 0 Å². The van der Waals surface area contributed by atoms with Gasteiger partial charge in [0.2, 0.25) is 0 Å². The fourth-order valence-corrected chi connectivity index (χ4v) is 0.791. The van der Waals surface area contributed by atoms with E-state index in [1.165, 1.54) is 0 Å². The van der Waals surface area contributed by atoms with Crippen molar-refractivity contribution < 1.29 is 0 Å². The number of nitrogen functional groups attached to an aromatic ring is 1. The zero-order valence-corrected chi connectivity index (χ0v) is 6.33. The van der Waals surface area contributed by atoms with Gasteiger partial charge in [-0.05, 0) is 19.9 Å². The smallest absolute Gasteiger partial charge is 0.0515 e. The second-order valence-electron chi connectivity index (χ2n) is 2.64. The summed E-state index contributed by atoms with van der Waals surface area (Å²) in [6, 6.07) is 2.29. The van der Waals surface area contributed by atoms with Gasteiger partial charge in [-0.15, -0.1) is 0 Å². The lowest BCUT2D eigenvalue weighted by molar-refractivity contribution is 0.740. The quantitative estimate of drug-likeness (QED) is 0.642. The van der Waals surface area contributed by atoms with Gasteiger partial charge in [-0.2, -0.15) is 0 Å². The number of nitrogens with zero attached hydrogens (tertiary/aromatic N) is 1. The molecule has 56 valence electrons. The lowest BCUT2D eigenvalue weighted by Crippen LogP contribution is -2.20. The van der Waals surface area contributed by atoms with E-state index >= 15 is 0 Å². The van der Waals surface area contributed by atoms with Crippen LogP contribution in [0, 0.1) is 0 Å². The van der Waals surface area contributed by atoms with Gasteiger partial charge in [0.1, 0.15) is 0 Å². The van der Waals surface area contributed by atoms with Crippen LogP contribution in [-0.4, -0.2) is 10.7 Å². The first-order valence-corrected chi connectivity index (χ1v) is 3.38. The number of anilines is 1. The Morgan fingerprint density at radius 3 is 2.70 bits per heavy atom. The topological polar surface area (TPSA) is 43.0 Å². The zero-order chi connectivity index (χ0) is 7.56. The molecule has 0 saturated carbocycles. The highest BCUT2D eigenvalue weighted by Gasteiger charge is 1.92. The molecule has 0 aliphatic rings. The molecule has 0 amide bonds. The molecular weight excluding hydrogens is 126 g/mol. The summed E-state index contributed by atoms with van der Waals surface area (Å²) in [6.07, 6.45) is 3.75. The van der Waals surface area contributed by atoms with Crippen LogP contribution >= 0.6 is 0 Å². The normalized spacial score (nSPS) is 10.3. The maximum atomic E-state index is 5.49. The molecule has 0 saturated heterocycles. The molecular formula is C7H13N3. The standard InChI is InChI=1S/C7H13N3/c1-6(2)9-10-4-3-7(8)5-10/h3-6,9H,8H2,1-2H3. The van der Waals surface area contributed by atoms with Crippen LogP contribution in [0.1, 0.15) is 13.8 Å². The van der Waals surface area contributed by atoms with Crippen molar-refractivity contribution in [2.75, 3.05) is 11.2 Å². The molecule has 1 aromatic heterocycles. The summed E-state index contributed by atoms with van der Waals surface area (Å²) in [4.78, 5) is 0. The molecule has 10 heavy (non-hydrogen) atoms. The molecule has 1 rings (SSSR count). The fraction of sp³-hybridized carbons (Fsp3) is 0.429. The molecule has 3 N–H and O–H groups in total. The minimum absolute atomic E-state index is 0.437. The minimum Gasteiger partial charge on any atom is -0.397 e. The van der Waals surface area contributed by atoms with Crippen LogP contribution in [0.5, 0.6) is 0 Å². The van der Waals surface area contributed by atoms with E-state index in [1.807, 2.05) is 23.1 Å². The number of aromatic nitrogens is 1. The Morgan fingerprint density at radius 2 is 2.30 bits per heavy atom. The lowest BCUT2D eigenvalue weighted by atomic mass is 10.4. The highest BCUT2D eigenvalue weighted by atomic mass is 15.4. The van der Waals surface area contributed by atoms with Crippen LogP contribution in [0.25, 0.3) is 0 Å². The third-order valence-corrected chi connectivity index (χ3v) is 1.12. The van der Waals surface area contributed by atoms with Crippen molar-refractivity contribution in [1.29, 1.82) is 0 Å². The monoisotopic (exact) mass is 139 g/mol. The summed E-state index contributed by atoms with van der Waals surface area (Å²) < 4.78 is 1.86. The van der Waals surface area contributed by atoms with Crippen LogP contribution in [0.2, 0.25) is 0 Å². The summed E-state index contributed by atoms with van der Waals surface area (Å²) >= 11 is 0. The Morgan fingerprint density at radius 1 is 1.60 bits per heavy atom. The van der Waals surface area contributed by atoms with E-state index in [0.717, 1.165) is 5.69 Å². The molecule has 0 aromatic carbocycles. The molecule has 1 heterocycles. The first-order valence-electron chi connectivity index (χ1n) is 3.38. The number of hydrogen-bond donors (Lipinski definition) is 2. The molecule has 0 radical (unpaired) electrons. The molecule has 0 aliphatic heterocycles. The Bertz CT molecular complexity index is 202. The van der Waals surface area contributed by atoms with Crippen molar-refractivity contribution in [3.8, 4) is 0 Å². The van der Waals surface area contributed by atoms with E-state index in [2.05, 4.69) is 19.3 Å². The highest BCUT2D eigenvalue weighted by molar-refractivity contribution is 5.34. The molecule has 0 fully saturated rings. The van der Waals surface area contributed by atoms with Crippen LogP contribution in [0.15, 0.2) is 18.5 Å². The van der Waals surface area contributed by atoms with Crippen molar-refractivity contribution in [1.82, 2.24) is 4.68 Å². The van der Waals surface area contributed by atoms with Gasteiger partial charge in [0, 0.05) is 18.4 Å². The maximum absolute atomic E-state index is 5.49. The average molecular weight is 139 g/mol. The van der Waals surface area contributed by atoms with Gasteiger partial charge < -0.3 is 11.2 Å². The summed E-state index contributed by atoms with van der Waals surface area (Å²) in [5.74, 6) is 0. The van der Waals surface area contributed by atoms with Crippen molar-refractivity contribution in [2.45, 2.75) is 19.9 Å². The minimum atomic E-state index is 0.437. The number of rotatable bonds is 2. The Kier molecular flexibility index (Phi) is 1.85. The molecule has 1 aromatic rings. The third kappa shape index (κ3) is 1.69. The Labute approximate surface area is 60.8 Å². The summed E-state index contributed by atoms with van der Waals surface area (Å²) in [5, 5.41) is 0. The second kappa shape index (κ2) is 2.64. The average Bonchev–Trinajstić information content (AvgIpc) is 2.13. The summed E-state index contributed by atoms with van der Waals surface area (Å²) in [7, 11) is 0. The van der Waals surface area contributed by atoms with Gasteiger partial charge in [-0.3, -0.25) is 4.68 Å². The second-order valence-corrected chi connectivity index (χ2v) is 2.64. The molecule has 0 unspecified atom stereocenters. The van der Waals surface area contributed by atoms with E-state index in [0.29, 0.717) is 6.04 Å². The van der Waals surface area contributed by atoms with Crippen molar-refractivity contribution >= 4 is 5.69 Å². The van der Waals surface area contributed by atoms with Gasteiger partial charge in [0.15, 0.2) is 0 Å². The van der Waals surface area contributed by atoms with Crippen LogP contribution in [-0.2, 0) is 0 Å². The number of nitrogens with two attached hydrogens (primary N) is 1. The largest absolute Gasteiger partial charge is 0.397 e.